The van der Waals surface area contributed by atoms with Crippen LogP contribution >= 0.6 is 0 Å². The van der Waals surface area contributed by atoms with E-state index in [0.717, 1.165) is 38.5 Å². The first-order chi connectivity index (χ1) is 26.3. The Morgan fingerprint density at radius 1 is 1.04 bits per heavy atom. The van der Waals surface area contributed by atoms with Crippen LogP contribution in [0.2, 0.25) is 0 Å². The summed E-state index contributed by atoms with van der Waals surface area (Å²) in [6.45, 7) is 12.8. The van der Waals surface area contributed by atoms with Crippen LogP contribution in [0.25, 0.3) is 0 Å². The molecule has 56 heavy (non-hydrogen) atoms. The molecule has 0 bridgehead atoms. The minimum Gasteiger partial charge on any atom is -0.444 e. The average Bonchev–Trinajstić information content (AvgIpc) is 3.94. The summed E-state index contributed by atoms with van der Waals surface area (Å²) in [5, 5.41) is 5.76. The molecule has 0 aromatic heterocycles. The molecule has 0 radical (unpaired) electrons. The first-order valence-corrected chi connectivity index (χ1v) is 21.6. The van der Waals surface area contributed by atoms with Crippen molar-refractivity contribution in [1.29, 1.82) is 0 Å². The molecule has 5 atom stereocenters. The van der Waals surface area contributed by atoms with Gasteiger partial charge >= 0.3 is 12.2 Å². The topological polar surface area (TPSA) is 163 Å². The number of likely N-dealkylation sites (tertiary alicyclic amines) is 1. The van der Waals surface area contributed by atoms with Gasteiger partial charge in [-0.1, -0.05) is 70.4 Å². The Morgan fingerprint density at radius 2 is 1.75 bits per heavy atom. The first-order valence-electron chi connectivity index (χ1n) is 20.1. The molecule has 3 N–H and O–H groups in total. The predicted molar refractivity (Wildman–Crippen MR) is 208 cm³/mol. The van der Waals surface area contributed by atoms with E-state index in [1.54, 1.807) is 46.8 Å². The van der Waals surface area contributed by atoms with Crippen LogP contribution in [0.5, 0.6) is 0 Å². The second-order valence-electron chi connectivity index (χ2n) is 17.6. The fourth-order valence-electron chi connectivity index (χ4n) is 8.27. The summed E-state index contributed by atoms with van der Waals surface area (Å²) in [4.78, 5) is 58.0. The van der Waals surface area contributed by atoms with Gasteiger partial charge in [0.15, 0.2) is 0 Å². The normalized spacial score (nSPS) is 28.1. The third kappa shape index (κ3) is 9.02. The lowest BCUT2D eigenvalue weighted by atomic mass is 10.0. The lowest BCUT2D eigenvalue weighted by Crippen LogP contribution is -2.57. The standard InChI is InChI=1S/C41H58FN5O8S/c1-26(2)34(43-37(50)55-39(4,5)6)36(49)47-24-30(54-38(51)46-23-28-15-14-17-32(42)31(28)25-46)21-33(47)35(48)44-41-22-29(41)16-12-10-8-7-9-11-13-18-40(19-20-40)56(52,53)45-27(41)3/h12,14-17,26,29-30,33-34,45H,3,7-11,13,18-25H2,1-2,4-6H3,(H,43,50)(H,44,48)/b16-12+/t29-,30-,33+,34+,41+/m1/s1. The molecule has 5 aliphatic rings. The average molecular weight is 800 g/mol. The van der Waals surface area contributed by atoms with E-state index in [1.165, 1.54) is 15.9 Å². The molecule has 13 nitrogen and oxygen atoms in total. The molecule has 1 saturated heterocycles. The number of fused-ring (bicyclic) bond motifs is 2. The van der Waals surface area contributed by atoms with E-state index in [0.29, 0.717) is 36.8 Å². The number of hydrogen-bond donors (Lipinski definition) is 3. The second kappa shape index (κ2) is 16.0. The Balaban J connectivity index is 1.24. The van der Waals surface area contributed by atoms with E-state index >= 15 is 0 Å². The number of ether oxygens (including phenoxy) is 2. The van der Waals surface area contributed by atoms with Crippen molar-refractivity contribution < 1.29 is 41.5 Å². The van der Waals surface area contributed by atoms with Crippen LogP contribution < -0.4 is 15.4 Å². The van der Waals surface area contributed by atoms with Gasteiger partial charge in [-0.05, 0) is 76.8 Å². The number of alkyl carbamates (subject to hydrolysis) is 1. The third-order valence-electron chi connectivity index (χ3n) is 11.8. The van der Waals surface area contributed by atoms with Crippen molar-refractivity contribution in [3.63, 3.8) is 0 Å². The fourth-order valence-corrected chi connectivity index (χ4v) is 10.0. The van der Waals surface area contributed by atoms with Gasteiger partial charge in [-0.2, -0.15) is 0 Å². The van der Waals surface area contributed by atoms with Gasteiger partial charge in [0, 0.05) is 30.1 Å². The maximum atomic E-state index is 14.6. The molecule has 1 spiro atoms. The lowest BCUT2D eigenvalue weighted by Gasteiger charge is -2.32. The molecule has 2 saturated carbocycles. The van der Waals surface area contributed by atoms with Gasteiger partial charge in [0.1, 0.15) is 29.6 Å². The van der Waals surface area contributed by atoms with Crippen LogP contribution in [0.15, 0.2) is 42.6 Å². The molecule has 308 valence electrons. The van der Waals surface area contributed by atoms with Gasteiger partial charge in [-0.25, -0.2) is 22.4 Å². The van der Waals surface area contributed by atoms with E-state index in [-0.39, 0.29) is 37.7 Å². The third-order valence-corrected chi connectivity index (χ3v) is 14.1. The maximum Gasteiger partial charge on any atom is 0.410 e. The zero-order chi connectivity index (χ0) is 40.6. The summed E-state index contributed by atoms with van der Waals surface area (Å²) in [7, 11) is -3.81. The Labute approximate surface area is 330 Å². The largest absolute Gasteiger partial charge is 0.444 e. The number of carbonyl (C=O) groups excluding carboxylic acids is 4. The molecule has 4 amide bonds. The van der Waals surface area contributed by atoms with Crippen molar-refractivity contribution in [3.8, 4) is 0 Å². The molecule has 1 aromatic rings. The Bertz CT molecular complexity index is 1860. The molecule has 3 fully saturated rings. The van der Waals surface area contributed by atoms with Crippen molar-refractivity contribution in [3.05, 3.63) is 59.6 Å². The molecule has 3 aliphatic heterocycles. The van der Waals surface area contributed by atoms with Gasteiger partial charge in [-0.15, -0.1) is 0 Å². The highest BCUT2D eigenvalue weighted by Gasteiger charge is 2.61. The smallest absolute Gasteiger partial charge is 0.410 e. The van der Waals surface area contributed by atoms with Crippen LogP contribution in [0.1, 0.15) is 116 Å². The van der Waals surface area contributed by atoms with Crippen molar-refractivity contribution in [2.24, 2.45) is 11.8 Å². The Morgan fingerprint density at radius 3 is 2.43 bits per heavy atom. The molecule has 6 rings (SSSR count). The highest BCUT2D eigenvalue weighted by molar-refractivity contribution is 7.91. The molecule has 3 heterocycles. The Hall–Kier alpha value is -4.14. The summed E-state index contributed by atoms with van der Waals surface area (Å²) >= 11 is 0. The van der Waals surface area contributed by atoms with Gasteiger partial charge in [0.05, 0.1) is 23.4 Å². The highest BCUT2D eigenvalue weighted by Crippen LogP contribution is 2.52. The summed E-state index contributed by atoms with van der Waals surface area (Å²) < 4.78 is 55.4. The van der Waals surface area contributed by atoms with E-state index in [4.69, 9.17) is 9.47 Å². The molecular weight excluding hydrogens is 742 g/mol. The lowest BCUT2D eigenvalue weighted by molar-refractivity contribution is -0.141. The Kier molecular flexibility index (Phi) is 11.9. The van der Waals surface area contributed by atoms with Crippen LogP contribution in [-0.2, 0) is 42.2 Å². The summed E-state index contributed by atoms with van der Waals surface area (Å²) in [5.74, 6) is -2.20. The predicted octanol–water partition coefficient (Wildman–Crippen LogP) is 5.94. The molecule has 2 aliphatic carbocycles. The van der Waals surface area contributed by atoms with Gasteiger partial charge in [0.2, 0.25) is 21.8 Å². The van der Waals surface area contributed by atoms with Crippen LogP contribution in [-0.4, -0.2) is 82.8 Å². The van der Waals surface area contributed by atoms with Gasteiger partial charge < -0.3 is 25.0 Å². The molecular formula is C41H58FN5O8S. The first kappa shape index (κ1) is 41.5. The minimum atomic E-state index is -3.81. The molecule has 1 aromatic carbocycles. The van der Waals surface area contributed by atoms with Crippen LogP contribution in [0.4, 0.5) is 14.0 Å². The van der Waals surface area contributed by atoms with Crippen LogP contribution in [0, 0.1) is 17.7 Å². The molecule has 15 heteroatoms. The quantitative estimate of drug-likeness (QED) is 0.298. The number of rotatable bonds is 6. The SMILES string of the molecule is C=C1NS(=O)(=O)C2(CCCCCCC/C=C/[C@@H]3C[C@]13NC(=O)[C@@H]1C[C@@H](OC(=O)N3Cc4cccc(F)c4C3)CN1C(=O)[C@@H](NC(=O)OC(C)(C)C)C(C)C)CC2. The van der Waals surface area contributed by atoms with E-state index in [1.807, 2.05) is 6.08 Å². The van der Waals surface area contributed by atoms with Crippen molar-refractivity contribution in [2.75, 3.05) is 6.54 Å². The number of carbonyl (C=O) groups is 4. The fraction of sp³-hybridized carbons (Fsp3) is 0.659. The van der Waals surface area contributed by atoms with Crippen molar-refractivity contribution >= 4 is 34.0 Å². The zero-order valence-electron chi connectivity index (χ0n) is 33.3. The number of sulfonamides is 1. The number of benzene rings is 1. The highest BCUT2D eigenvalue weighted by atomic mass is 32.2. The second-order valence-corrected chi connectivity index (χ2v) is 19.7. The number of halogens is 1. The minimum absolute atomic E-state index is 0.0199. The maximum absolute atomic E-state index is 14.6. The number of hydrogen-bond acceptors (Lipinski definition) is 8. The summed E-state index contributed by atoms with van der Waals surface area (Å²) in [6, 6.07) is 2.43. The van der Waals surface area contributed by atoms with Gasteiger partial charge in [0.25, 0.3) is 0 Å². The van der Waals surface area contributed by atoms with E-state index in [2.05, 4.69) is 28.0 Å². The van der Waals surface area contributed by atoms with Crippen molar-refractivity contribution in [2.45, 2.75) is 152 Å². The van der Waals surface area contributed by atoms with Gasteiger partial charge in [-0.3, -0.25) is 19.2 Å². The van der Waals surface area contributed by atoms with Crippen LogP contribution in [0.3, 0.4) is 0 Å². The zero-order valence-corrected chi connectivity index (χ0v) is 34.1. The van der Waals surface area contributed by atoms with E-state index in [9.17, 15) is 32.0 Å². The summed E-state index contributed by atoms with van der Waals surface area (Å²) in [5.41, 5.74) is -0.714. The molecule has 0 unspecified atom stereocenters. The monoisotopic (exact) mass is 799 g/mol. The van der Waals surface area contributed by atoms with Crippen molar-refractivity contribution in [1.82, 2.24) is 25.2 Å². The summed E-state index contributed by atoms with van der Waals surface area (Å²) in [6.07, 6.45) is 9.50. The number of amides is 4. The van der Waals surface area contributed by atoms with E-state index < -0.39 is 79.8 Å². The number of allylic oxidation sites excluding steroid dienone is 1. The number of nitrogens with zero attached hydrogens (tertiary/aromatic N) is 2. The number of nitrogens with one attached hydrogen (secondary N) is 3.